The predicted molar refractivity (Wildman–Crippen MR) is 160 cm³/mol. The zero-order valence-corrected chi connectivity index (χ0v) is 24.6. The van der Waals surface area contributed by atoms with E-state index in [-0.39, 0.29) is 17.9 Å². The second-order valence-electron chi connectivity index (χ2n) is 11.8. The highest BCUT2D eigenvalue weighted by atomic mass is 35.5. The molecule has 6 heteroatoms. The van der Waals surface area contributed by atoms with Gasteiger partial charge in [-0.25, -0.2) is 0 Å². The number of benzene rings is 2. The molecule has 0 unspecified atom stereocenters. The third-order valence-electron chi connectivity index (χ3n) is 9.06. The van der Waals surface area contributed by atoms with E-state index in [1.807, 2.05) is 23.1 Å². The molecule has 0 aromatic heterocycles. The van der Waals surface area contributed by atoms with Gasteiger partial charge in [0.1, 0.15) is 0 Å². The molecule has 39 heavy (non-hydrogen) atoms. The minimum atomic E-state index is -1.10. The molecule has 1 heterocycles. The van der Waals surface area contributed by atoms with Crippen molar-refractivity contribution in [2.24, 2.45) is 17.6 Å². The summed E-state index contributed by atoms with van der Waals surface area (Å²) >= 11 is 6.88. The molecule has 4 rings (SSSR count). The maximum atomic E-state index is 13.4. The molecular formula is C33H47ClN2O3. The monoisotopic (exact) mass is 554 g/mol. The molecule has 0 spiro atoms. The summed E-state index contributed by atoms with van der Waals surface area (Å²) in [5.41, 5.74) is 9.04. The first-order chi connectivity index (χ1) is 18.9. The number of amides is 1. The van der Waals surface area contributed by atoms with E-state index in [0.29, 0.717) is 36.9 Å². The van der Waals surface area contributed by atoms with Crippen molar-refractivity contribution in [3.05, 3.63) is 58.6 Å². The normalized spacial score (nSPS) is 23.4. The van der Waals surface area contributed by atoms with Crippen LogP contribution in [-0.4, -0.2) is 48.8 Å². The first kappa shape index (κ1) is 30.0. The predicted octanol–water partition coefficient (Wildman–Crippen LogP) is 6.72. The number of nitrogens with two attached hydrogens (primary N) is 1. The highest BCUT2D eigenvalue weighted by molar-refractivity contribution is 6.33. The first-order valence-electron chi connectivity index (χ1n) is 15.0. The first-order valence-corrected chi connectivity index (χ1v) is 15.4. The van der Waals surface area contributed by atoms with Crippen LogP contribution in [-0.2, 0) is 21.6 Å². The van der Waals surface area contributed by atoms with Crippen molar-refractivity contribution in [2.45, 2.75) is 89.2 Å². The number of carbonyl (C=O) groups is 1. The Balaban J connectivity index is 1.63. The summed E-state index contributed by atoms with van der Waals surface area (Å²) in [6, 6.07) is 14.7. The number of ether oxygens (including phenoxy) is 1. The highest BCUT2D eigenvalue weighted by Crippen LogP contribution is 2.46. The highest BCUT2D eigenvalue weighted by Gasteiger charge is 2.43. The van der Waals surface area contributed by atoms with Gasteiger partial charge in [-0.1, -0.05) is 54.9 Å². The summed E-state index contributed by atoms with van der Waals surface area (Å²) in [5.74, 6) is 0.587. The topological polar surface area (TPSA) is 75.8 Å². The van der Waals surface area contributed by atoms with Crippen molar-refractivity contribution < 1.29 is 14.6 Å². The van der Waals surface area contributed by atoms with Gasteiger partial charge in [0.25, 0.3) is 0 Å². The molecule has 0 radical (unpaired) electrons. The Labute approximate surface area is 240 Å². The molecule has 2 atom stereocenters. The van der Waals surface area contributed by atoms with Crippen LogP contribution < -0.4 is 5.73 Å². The van der Waals surface area contributed by atoms with Crippen molar-refractivity contribution in [3.63, 3.8) is 0 Å². The Morgan fingerprint density at radius 1 is 1.13 bits per heavy atom. The number of carbonyl (C=O) groups excluding carboxylic acids is 1. The molecule has 1 aliphatic heterocycles. The number of likely N-dealkylation sites (tertiary alicyclic amines) is 1. The Morgan fingerprint density at radius 3 is 2.64 bits per heavy atom. The van der Waals surface area contributed by atoms with Gasteiger partial charge in [0.15, 0.2) is 0 Å². The maximum Gasteiger partial charge on any atom is 0.222 e. The number of aryl methyl sites for hydroxylation is 1. The van der Waals surface area contributed by atoms with Crippen LogP contribution in [0.2, 0.25) is 5.02 Å². The lowest BCUT2D eigenvalue weighted by Crippen LogP contribution is -2.48. The van der Waals surface area contributed by atoms with Crippen LogP contribution in [0.15, 0.2) is 42.5 Å². The van der Waals surface area contributed by atoms with E-state index in [1.165, 1.54) is 5.56 Å². The Bertz CT molecular complexity index is 1080. The third-order valence-corrected chi connectivity index (χ3v) is 9.38. The lowest BCUT2D eigenvalue weighted by atomic mass is 9.72. The number of rotatable bonds is 11. The van der Waals surface area contributed by atoms with Crippen molar-refractivity contribution in [1.82, 2.24) is 4.90 Å². The number of piperidine rings is 1. The summed E-state index contributed by atoms with van der Waals surface area (Å²) in [6.07, 6.45) is 9.71. The minimum Gasteiger partial charge on any atom is -0.385 e. The van der Waals surface area contributed by atoms with E-state index in [2.05, 4.69) is 31.2 Å². The summed E-state index contributed by atoms with van der Waals surface area (Å²) < 4.78 is 5.31. The average molecular weight is 555 g/mol. The van der Waals surface area contributed by atoms with Gasteiger partial charge in [0, 0.05) is 55.8 Å². The lowest BCUT2D eigenvalue weighted by molar-refractivity contribution is -0.138. The molecule has 1 aliphatic carbocycles. The van der Waals surface area contributed by atoms with Crippen LogP contribution in [0.1, 0.15) is 82.3 Å². The second kappa shape index (κ2) is 14.1. The number of nitrogens with zero attached hydrogens (tertiary/aromatic N) is 1. The molecule has 1 saturated heterocycles. The van der Waals surface area contributed by atoms with Crippen molar-refractivity contribution in [3.8, 4) is 11.1 Å². The van der Waals surface area contributed by atoms with Gasteiger partial charge >= 0.3 is 0 Å². The fraction of sp³-hybridized carbons (Fsp3) is 0.606. The lowest BCUT2D eigenvalue weighted by Gasteiger charge is -2.44. The van der Waals surface area contributed by atoms with Crippen molar-refractivity contribution in [1.29, 1.82) is 0 Å². The van der Waals surface area contributed by atoms with Crippen LogP contribution >= 0.6 is 11.6 Å². The number of unbranched alkanes of at least 4 members (excludes halogenated alkanes) is 1. The van der Waals surface area contributed by atoms with Gasteiger partial charge in [-0.2, -0.15) is 0 Å². The second-order valence-corrected chi connectivity index (χ2v) is 12.2. The summed E-state index contributed by atoms with van der Waals surface area (Å²) in [4.78, 5) is 15.5. The van der Waals surface area contributed by atoms with Crippen molar-refractivity contribution in [2.75, 3.05) is 26.8 Å². The van der Waals surface area contributed by atoms with Gasteiger partial charge in [0.05, 0.1) is 5.60 Å². The standard InChI is InChI=1S/C33H47ClN2O3/c1-3-24-9-6-10-26(21-24)32-29(12-7-13-30(32)34)33(38,18-4-5-20-39-2)27-11-8-19-36(23-27)31(37)22-25-14-16-28(35)17-15-25/h6-7,9-10,12-13,21,25,27-28,38H,3-5,8,11,14-20,22-23,35H2,1-2H3/t25?,27-,28?,33+/m1/s1. The third kappa shape index (κ3) is 7.43. The van der Waals surface area contributed by atoms with Gasteiger partial charge in [-0.15, -0.1) is 0 Å². The quantitative estimate of drug-likeness (QED) is 0.302. The molecule has 1 saturated carbocycles. The zero-order chi connectivity index (χ0) is 27.8. The molecule has 2 fully saturated rings. The minimum absolute atomic E-state index is 0.0657. The maximum absolute atomic E-state index is 13.4. The van der Waals surface area contributed by atoms with Crippen LogP contribution in [0, 0.1) is 11.8 Å². The van der Waals surface area contributed by atoms with E-state index in [9.17, 15) is 9.90 Å². The molecule has 0 bridgehead atoms. The van der Waals surface area contributed by atoms with E-state index in [0.717, 1.165) is 81.0 Å². The molecule has 1 amide bonds. The Morgan fingerprint density at radius 2 is 1.90 bits per heavy atom. The van der Waals surface area contributed by atoms with Crippen LogP contribution in [0.4, 0.5) is 0 Å². The fourth-order valence-corrected chi connectivity index (χ4v) is 6.97. The Hall–Kier alpha value is -1.92. The number of aliphatic hydroxyl groups is 1. The summed E-state index contributed by atoms with van der Waals surface area (Å²) in [6.45, 7) is 4.15. The summed E-state index contributed by atoms with van der Waals surface area (Å²) in [7, 11) is 1.71. The van der Waals surface area contributed by atoms with Gasteiger partial charge < -0.3 is 20.5 Å². The molecule has 214 valence electrons. The van der Waals surface area contributed by atoms with E-state index < -0.39 is 5.60 Å². The van der Waals surface area contributed by atoms with E-state index >= 15 is 0 Å². The largest absolute Gasteiger partial charge is 0.385 e. The molecule has 3 N–H and O–H groups in total. The number of hydrogen-bond donors (Lipinski definition) is 2. The van der Waals surface area contributed by atoms with E-state index in [1.54, 1.807) is 7.11 Å². The van der Waals surface area contributed by atoms with Gasteiger partial charge in [0.2, 0.25) is 5.91 Å². The van der Waals surface area contributed by atoms with Crippen molar-refractivity contribution >= 4 is 17.5 Å². The number of hydrogen-bond acceptors (Lipinski definition) is 4. The average Bonchev–Trinajstić information content (AvgIpc) is 2.96. The van der Waals surface area contributed by atoms with Crippen LogP contribution in [0.5, 0.6) is 0 Å². The molecule has 2 aromatic carbocycles. The SMILES string of the molecule is CCc1cccc(-c2c(Cl)cccc2[C@](O)(CCCCOC)[C@@H]2CCCN(C(=O)CC3CCC(N)CC3)C2)c1. The smallest absolute Gasteiger partial charge is 0.222 e. The number of methoxy groups -OCH3 is 1. The Kier molecular flexibility index (Phi) is 10.9. The molecule has 5 nitrogen and oxygen atoms in total. The van der Waals surface area contributed by atoms with Crippen LogP contribution in [0.25, 0.3) is 11.1 Å². The zero-order valence-electron chi connectivity index (χ0n) is 23.8. The number of halogens is 1. The van der Waals surface area contributed by atoms with E-state index in [4.69, 9.17) is 22.1 Å². The molecule has 2 aliphatic rings. The summed E-state index contributed by atoms with van der Waals surface area (Å²) in [5, 5.41) is 13.3. The molecule has 2 aromatic rings. The van der Waals surface area contributed by atoms with Gasteiger partial charge in [-0.3, -0.25) is 4.79 Å². The fourth-order valence-electron chi connectivity index (χ4n) is 6.69. The van der Waals surface area contributed by atoms with Crippen LogP contribution in [0.3, 0.4) is 0 Å². The van der Waals surface area contributed by atoms with Gasteiger partial charge in [-0.05, 0) is 92.9 Å². The molecular weight excluding hydrogens is 508 g/mol.